The van der Waals surface area contributed by atoms with E-state index in [1.807, 2.05) is 13.8 Å². The smallest absolute Gasteiger partial charge is 0.311 e. The minimum absolute atomic E-state index is 0.0107. The van der Waals surface area contributed by atoms with E-state index in [0.717, 1.165) is 5.69 Å². The van der Waals surface area contributed by atoms with Gasteiger partial charge in [0.2, 0.25) is 0 Å². The second-order valence-corrected chi connectivity index (χ2v) is 5.05. The minimum atomic E-state index is -0.445. The average Bonchev–Trinajstić information content (AvgIpc) is 2.45. The van der Waals surface area contributed by atoms with E-state index in [2.05, 4.69) is 5.32 Å². The normalized spacial score (nSPS) is 18.5. The fraction of sp³-hybridized carbons (Fsp3) is 0.571. The molecule has 0 aromatic heterocycles. The molecule has 0 aliphatic carbocycles. The lowest BCUT2D eigenvalue weighted by Crippen LogP contribution is -2.34. The van der Waals surface area contributed by atoms with Gasteiger partial charge in [0.15, 0.2) is 5.75 Å². The Hall–Kier alpha value is -1.86. The van der Waals surface area contributed by atoms with Crippen LogP contribution in [0.2, 0.25) is 0 Å². The summed E-state index contributed by atoms with van der Waals surface area (Å²) < 4.78 is 16.3. The molecule has 116 valence electrons. The highest BCUT2D eigenvalue weighted by atomic mass is 16.6. The Kier molecular flexibility index (Phi) is 5.35. The van der Waals surface area contributed by atoms with Crippen molar-refractivity contribution in [2.75, 3.05) is 31.7 Å². The van der Waals surface area contributed by atoms with E-state index in [4.69, 9.17) is 14.2 Å². The van der Waals surface area contributed by atoms with Gasteiger partial charge in [-0.05, 0) is 19.9 Å². The van der Waals surface area contributed by atoms with Crippen LogP contribution in [-0.2, 0) is 9.47 Å². The van der Waals surface area contributed by atoms with Gasteiger partial charge in [-0.2, -0.15) is 0 Å². The summed E-state index contributed by atoms with van der Waals surface area (Å²) in [7, 11) is 0. The van der Waals surface area contributed by atoms with Gasteiger partial charge in [0.25, 0.3) is 0 Å². The molecule has 1 saturated heterocycles. The second kappa shape index (κ2) is 7.24. The van der Waals surface area contributed by atoms with Crippen molar-refractivity contribution in [1.82, 2.24) is 0 Å². The number of nitrogens with zero attached hydrogens (tertiary/aromatic N) is 1. The van der Waals surface area contributed by atoms with E-state index < -0.39 is 4.92 Å². The Bertz CT molecular complexity index is 486. The number of hydrogen-bond donors (Lipinski definition) is 1. The largest absolute Gasteiger partial charge is 0.484 e. The second-order valence-electron chi connectivity index (χ2n) is 5.05. The Labute approximate surface area is 123 Å². The van der Waals surface area contributed by atoms with Gasteiger partial charge in [-0.1, -0.05) is 0 Å². The molecule has 1 aromatic carbocycles. The number of hydrogen-bond acceptors (Lipinski definition) is 6. The highest BCUT2D eigenvalue weighted by molar-refractivity contribution is 5.58. The Morgan fingerprint density at radius 2 is 2.29 bits per heavy atom. The molecule has 0 saturated carbocycles. The van der Waals surface area contributed by atoms with Crippen molar-refractivity contribution in [3.8, 4) is 5.75 Å². The molecule has 1 unspecified atom stereocenters. The molecule has 21 heavy (non-hydrogen) atoms. The first-order valence-electron chi connectivity index (χ1n) is 6.94. The summed E-state index contributed by atoms with van der Waals surface area (Å²) in [6.07, 6.45) is -0.141. The van der Waals surface area contributed by atoms with E-state index in [-0.39, 0.29) is 23.6 Å². The molecular weight excluding hydrogens is 276 g/mol. The summed E-state index contributed by atoms with van der Waals surface area (Å²) >= 11 is 0. The van der Waals surface area contributed by atoms with Crippen molar-refractivity contribution in [2.24, 2.45) is 0 Å². The molecule has 7 nitrogen and oxygen atoms in total. The number of rotatable bonds is 6. The third-order valence-corrected chi connectivity index (χ3v) is 2.94. The number of nitro groups is 1. The van der Waals surface area contributed by atoms with Crippen LogP contribution in [-0.4, -0.2) is 43.5 Å². The van der Waals surface area contributed by atoms with E-state index >= 15 is 0 Å². The van der Waals surface area contributed by atoms with E-state index in [1.165, 1.54) is 6.07 Å². The van der Waals surface area contributed by atoms with Crippen LogP contribution in [0.4, 0.5) is 11.4 Å². The highest BCUT2D eigenvalue weighted by Crippen LogP contribution is 2.30. The van der Waals surface area contributed by atoms with Crippen molar-refractivity contribution in [3.05, 3.63) is 28.3 Å². The van der Waals surface area contributed by atoms with Crippen molar-refractivity contribution < 1.29 is 19.1 Å². The lowest BCUT2D eigenvalue weighted by atomic mass is 10.2. The number of benzene rings is 1. The predicted octanol–water partition coefficient (Wildman–Crippen LogP) is 2.21. The number of nitrogens with one attached hydrogen (secondary N) is 1. The van der Waals surface area contributed by atoms with E-state index in [1.54, 1.807) is 12.1 Å². The van der Waals surface area contributed by atoms with Crippen LogP contribution in [0.3, 0.4) is 0 Å². The molecule has 0 spiro atoms. The summed E-state index contributed by atoms with van der Waals surface area (Å²) in [5.74, 6) is 0.265. The van der Waals surface area contributed by atoms with Crippen LogP contribution < -0.4 is 10.1 Å². The molecule has 1 fully saturated rings. The van der Waals surface area contributed by atoms with Gasteiger partial charge in [0.1, 0.15) is 0 Å². The van der Waals surface area contributed by atoms with Gasteiger partial charge in [-0.3, -0.25) is 10.1 Å². The molecule has 0 amide bonds. The van der Waals surface area contributed by atoms with Crippen molar-refractivity contribution in [2.45, 2.75) is 26.1 Å². The summed E-state index contributed by atoms with van der Waals surface area (Å²) in [5, 5.41) is 14.2. The molecule has 0 bridgehead atoms. The van der Waals surface area contributed by atoms with E-state index in [9.17, 15) is 10.1 Å². The van der Waals surface area contributed by atoms with Gasteiger partial charge in [-0.25, -0.2) is 0 Å². The molecule has 1 atom stereocenters. The predicted molar refractivity (Wildman–Crippen MR) is 77.9 cm³/mol. The first-order chi connectivity index (χ1) is 10.1. The maximum atomic E-state index is 11.0. The summed E-state index contributed by atoms with van der Waals surface area (Å²) in [4.78, 5) is 10.5. The molecule has 1 N–H and O–H groups in total. The van der Waals surface area contributed by atoms with Crippen LogP contribution in [0, 0.1) is 10.1 Å². The Balaban J connectivity index is 2.03. The molecule has 1 heterocycles. The number of nitro benzene ring substituents is 1. The standard InChI is InChI=1S/C14H20N2O5/c1-10(2)21-14-7-11(3-4-13(14)16(17)18)15-8-12-9-19-5-6-20-12/h3-4,7,10,12,15H,5-6,8-9H2,1-2H3. The molecule has 1 aromatic rings. The van der Waals surface area contributed by atoms with Crippen molar-refractivity contribution in [1.29, 1.82) is 0 Å². The van der Waals surface area contributed by atoms with Gasteiger partial charge >= 0.3 is 5.69 Å². The molecule has 7 heteroatoms. The minimum Gasteiger partial charge on any atom is -0.484 e. The third kappa shape index (κ3) is 4.57. The Morgan fingerprint density at radius 1 is 1.48 bits per heavy atom. The lowest BCUT2D eigenvalue weighted by molar-refractivity contribution is -0.386. The molecule has 1 aliphatic heterocycles. The zero-order valence-corrected chi connectivity index (χ0v) is 12.2. The summed E-state index contributed by atoms with van der Waals surface area (Å²) in [5.41, 5.74) is 0.719. The fourth-order valence-corrected chi connectivity index (χ4v) is 2.01. The molecule has 1 aliphatic rings. The molecule has 2 rings (SSSR count). The number of anilines is 1. The highest BCUT2D eigenvalue weighted by Gasteiger charge is 2.18. The van der Waals surface area contributed by atoms with Crippen LogP contribution >= 0.6 is 0 Å². The molecular formula is C14H20N2O5. The average molecular weight is 296 g/mol. The lowest BCUT2D eigenvalue weighted by Gasteiger charge is -2.23. The summed E-state index contributed by atoms with van der Waals surface area (Å²) in [6.45, 7) is 6.01. The first kappa shape index (κ1) is 15.5. The van der Waals surface area contributed by atoms with Crippen molar-refractivity contribution in [3.63, 3.8) is 0 Å². The molecule has 0 radical (unpaired) electrons. The fourth-order valence-electron chi connectivity index (χ4n) is 2.01. The monoisotopic (exact) mass is 296 g/mol. The maximum Gasteiger partial charge on any atom is 0.311 e. The SMILES string of the molecule is CC(C)Oc1cc(NCC2COCCO2)ccc1[N+](=O)[O-]. The maximum absolute atomic E-state index is 11.0. The third-order valence-electron chi connectivity index (χ3n) is 2.94. The topological polar surface area (TPSA) is 82.9 Å². The summed E-state index contributed by atoms with van der Waals surface area (Å²) in [6, 6.07) is 4.75. The van der Waals surface area contributed by atoms with Gasteiger partial charge in [0.05, 0.1) is 37.0 Å². The number of ether oxygens (including phenoxy) is 3. The van der Waals surface area contributed by atoms with Crippen LogP contribution in [0.5, 0.6) is 5.75 Å². The van der Waals surface area contributed by atoms with Gasteiger partial charge in [0, 0.05) is 24.4 Å². The van der Waals surface area contributed by atoms with Gasteiger partial charge < -0.3 is 19.5 Å². The first-order valence-corrected chi connectivity index (χ1v) is 6.94. The van der Waals surface area contributed by atoms with Crippen LogP contribution in [0.15, 0.2) is 18.2 Å². The van der Waals surface area contributed by atoms with Crippen LogP contribution in [0.1, 0.15) is 13.8 Å². The van der Waals surface area contributed by atoms with Gasteiger partial charge in [-0.15, -0.1) is 0 Å². The Morgan fingerprint density at radius 3 is 2.90 bits per heavy atom. The van der Waals surface area contributed by atoms with Crippen molar-refractivity contribution >= 4 is 11.4 Å². The quantitative estimate of drug-likeness (QED) is 0.640. The van der Waals surface area contributed by atoms with Crippen LogP contribution in [0.25, 0.3) is 0 Å². The zero-order chi connectivity index (χ0) is 15.2. The van der Waals surface area contributed by atoms with E-state index in [0.29, 0.717) is 26.4 Å². The zero-order valence-electron chi connectivity index (χ0n) is 12.2.